The van der Waals surface area contributed by atoms with E-state index in [9.17, 15) is 0 Å². The zero-order valence-corrected chi connectivity index (χ0v) is 10.6. The van der Waals surface area contributed by atoms with Gasteiger partial charge in [0.15, 0.2) is 0 Å². The lowest BCUT2D eigenvalue weighted by molar-refractivity contribution is 0.573. The monoisotopic (exact) mass is 254 g/mol. The average molecular weight is 254 g/mol. The first kappa shape index (κ1) is 11.6. The topological polar surface area (TPSA) is 61.4 Å². The molecular weight excluding hydrogens is 240 g/mol. The van der Waals surface area contributed by atoms with Crippen molar-refractivity contribution in [1.82, 2.24) is 30.0 Å². The Kier molecular flexibility index (Phi) is 3.06. The molecule has 0 bridgehead atoms. The van der Waals surface area contributed by atoms with Gasteiger partial charge in [-0.25, -0.2) is 0 Å². The van der Waals surface area contributed by atoms with E-state index in [1.54, 1.807) is 11.0 Å². The van der Waals surface area contributed by atoms with Gasteiger partial charge >= 0.3 is 0 Å². The largest absolute Gasteiger partial charge is 0.272 e. The Bertz CT molecular complexity index is 655. The highest BCUT2D eigenvalue weighted by molar-refractivity contribution is 5.50. The molecule has 96 valence electrons. The first-order valence-electron chi connectivity index (χ1n) is 6.19. The van der Waals surface area contributed by atoms with Gasteiger partial charge in [0, 0.05) is 12.7 Å². The number of aryl methyl sites for hydroxylation is 1. The van der Waals surface area contributed by atoms with Crippen LogP contribution in [-0.4, -0.2) is 30.0 Å². The zero-order valence-electron chi connectivity index (χ0n) is 10.6. The third-order valence-electron chi connectivity index (χ3n) is 2.84. The summed E-state index contributed by atoms with van der Waals surface area (Å²) in [5.41, 5.74) is 2.04. The van der Waals surface area contributed by atoms with Gasteiger partial charge in [0.05, 0.1) is 18.3 Å². The van der Waals surface area contributed by atoms with E-state index in [1.165, 1.54) is 0 Å². The summed E-state index contributed by atoms with van der Waals surface area (Å²) in [6, 6.07) is 10.1. The third kappa shape index (κ3) is 2.52. The highest BCUT2D eigenvalue weighted by Gasteiger charge is 2.08. The minimum absolute atomic E-state index is 0.607. The van der Waals surface area contributed by atoms with Crippen LogP contribution in [0.1, 0.15) is 12.5 Å². The molecule has 2 heterocycles. The van der Waals surface area contributed by atoms with Crippen LogP contribution in [0.4, 0.5) is 0 Å². The summed E-state index contributed by atoms with van der Waals surface area (Å²) in [5, 5.41) is 16.7. The van der Waals surface area contributed by atoms with Gasteiger partial charge in [0.25, 0.3) is 0 Å². The van der Waals surface area contributed by atoms with Gasteiger partial charge in [-0.1, -0.05) is 30.3 Å². The number of benzene rings is 1. The van der Waals surface area contributed by atoms with Crippen molar-refractivity contribution in [1.29, 1.82) is 0 Å². The fourth-order valence-electron chi connectivity index (χ4n) is 1.82. The van der Waals surface area contributed by atoms with Crippen molar-refractivity contribution >= 4 is 0 Å². The Hall–Kier alpha value is -2.50. The highest BCUT2D eigenvalue weighted by Crippen LogP contribution is 2.12. The van der Waals surface area contributed by atoms with Crippen molar-refractivity contribution in [3.8, 4) is 11.4 Å². The lowest BCUT2D eigenvalue weighted by atomic mass is 10.2. The van der Waals surface area contributed by atoms with E-state index in [2.05, 4.69) is 20.5 Å². The quantitative estimate of drug-likeness (QED) is 0.709. The third-order valence-corrected chi connectivity index (χ3v) is 2.84. The molecule has 1 aromatic carbocycles. The molecule has 0 N–H and O–H groups in total. The Morgan fingerprint density at radius 1 is 1.16 bits per heavy atom. The van der Waals surface area contributed by atoms with Crippen LogP contribution in [0, 0.1) is 0 Å². The molecule has 0 spiro atoms. The molecule has 0 aliphatic carbocycles. The fraction of sp³-hybridized carbons (Fsp3) is 0.231. The van der Waals surface area contributed by atoms with Crippen LogP contribution in [0.2, 0.25) is 0 Å². The van der Waals surface area contributed by atoms with Gasteiger partial charge in [0.2, 0.25) is 5.82 Å². The molecule has 0 aliphatic rings. The average Bonchev–Trinajstić information content (AvgIpc) is 3.08. The van der Waals surface area contributed by atoms with Crippen molar-refractivity contribution in [3.05, 3.63) is 48.3 Å². The van der Waals surface area contributed by atoms with Crippen LogP contribution in [0.3, 0.4) is 0 Å². The summed E-state index contributed by atoms with van der Waals surface area (Å²) in [4.78, 5) is 1.59. The van der Waals surface area contributed by atoms with E-state index in [0.29, 0.717) is 12.4 Å². The van der Waals surface area contributed by atoms with Crippen LogP contribution < -0.4 is 0 Å². The summed E-state index contributed by atoms with van der Waals surface area (Å²) >= 11 is 0. The molecule has 19 heavy (non-hydrogen) atoms. The van der Waals surface area contributed by atoms with Gasteiger partial charge in [-0.2, -0.15) is 9.90 Å². The molecule has 0 saturated carbocycles. The molecular formula is C13H14N6. The maximum Gasteiger partial charge on any atom is 0.208 e. The molecule has 3 rings (SSSR count). The Morgan fingerprint density at radius 2 is 2.00 bits per heavy atom. The highest BCUT2D eigenvalue weighted by atomic mass is 15.6. The molecule has 0 unspecified atom stereocenters. The minimum Gasteiger partial charge on any atom is -0.272 e. The van der Waals surface area contributed by atoms with Crippen LogP contribution in [-0.2, 0) is 13.1 Å². The summed E-state index contributed by atoms with van der Waals surface area (Å²) in [6.07, 6.45) is 3.68. The van der Waals surface area contributed by atoms with Gasteiger partial charge in [0.1, 0.15) is 0 Å². The molecule has 6 heteroatoms. The summed E-state index contributed by atoms with van der Waals surface area (Å²) < 4.78 is 1.84. The first-order chi connectivity index (χ1) is 9.35. The smallest absolute Gasteiger partial charge is 0.208 e. The number of rotatable bonds is 4. The molecule has 3 aromatic rings. The Morgan fingerprint density at radius 3 is 2.74 bits per heavy atom. The molecule has 0 atom stereocenters. The Labute approximate surface area is 110 Å². The van der Waals surface area contributed by atoms with E-state index < -0.39 is 0 Å². The summed E-state index contributed by atoms with van der Waals surface area (Å²) in [5.74, 6) is 0.607. The number of hydrogen-bond acceptors (Lipinski definition) is 4. The fourth-order valence-corrected chi connectivity index (χ4v) is 1.82. The van der Waals surface area contributed by atoms with Crippen molar-refractivity contribution in [2.75, 3.05) is 0 Å². The van der Waals surface area contributed by atoms with Crippen molar-refractivity contribution in [3.63, 3.8) is 0 Å². The van der Waals surface area contributed by atoms with Crippen LogP contribution in [0.15, 0.2) is 42.7 Å². The van der Waals surface area contributed by atoms with E-state index in [1.807, 2.05) is 48.1 Å². The second kappa shape index (κ2) is 5.01. The second-order valence-electron chi connectivity index (χ2n) is 4.21. The number of hydrogen-bond donors (Lipinski definition) is 0. The standard InChI is InChI=1S/C13H14N6/c1-2-18-10-12(8-14-18)13-15-17-19(16-13)9-11-6-4-3-5-7-11/h3-8,10H,2,9H2,1H3. The normalized spacial score (nSPS) is 10.8. The number of nitrogens with zero attached hydrogens (tertiary/aromatic N) is 6. The summed E-state index contributed by atoms with van der Waals surface area (Å²) in [6.45, 7) is 3.49. The van der Waals surface area contributed by atoms with E-state index >= 15 is 0 Å². The van der Waals surface area contributed by atoms with Crippen LogP contribution in [0.5, 0.6) is 0 Å². The zero-order chi connectivity index (χ0) is 13.1. The summed E-state index contributed by atoms with van der Waals surface area (Å²) in [7, 11) is 0. The molecule has 0 amide bonds. The van der Waals surface area contributed by atoms with Gasteiger partial charge in [-0.15, -0.1) is 10.2 Å². The molecule has 2 aromatic heterocycles. The van der Waals surface area contributed by atoms with Crippen LogP contribution >= 0.6 is 0 Å². The van der Waals surface area contributed by atoms with E-state index in [0.717, 1.165) is 17.7 Å². The van der Waals surface area contributed by atoms with Crippen molar-refractivity contribution in [2.45, 2.75) is 20.0 Å². The first-order valence-corrected chi connectivity index (χ1v) is 6.19. The maximum absolute atomic E-state index is 4.36. The SMILES string of the molecule is CCn1cc(-c2nnn(Cc3ccccc3)n2)cn1. The molecule has 0 saturated heterocycles. The number of aromatic nitrogens is 6. The predicted octanol–water partition coefficient (Wildman–Crippen LogP) is 1.60. The van der Waals surface area contributed by atoms with Crippen molar-refractivity contribution < 1.29 is 0 Å². The van der Waals surface area contributed by atoms with Gasteiger partial charge in [-0.3, -0.25) is 4.68 Å². The van der Waals surface area contributed by atoms with Gasteiger partial charge in [-0.05, 0) is 17.7 Å². The van der Waals surface area contributed by atoms with Crippen molar-refractivity contribution in [2.24, 2.45) is 0 Å². The number of tetrazole rings is 1. The molecule has 0 radical (unpaired) electrons. The van der Waals surface area contributed by atoms with E-state index in [4.69, 9.17) is 0 Å². The minimum atomic E-state index is 0.607. The lowest BCUT2D eigenvalue weighted by Gasteiger charge is -1.97. The molecule has 6 nitrogen and oxygen atoms in total. The van der Waals surface area contributed by atoms with Crippen LogP contribution in [0.25, 0.3) is 11.4 Å². The Balaban J connectivity index is 1.79. The van der Waals surface area contributed by atoms with E-state index in [-0.39, 0.29) is 0 Å². The second-order valence-corrected chi connectivity index (χ2v) is 4.21. The molecule has 0 fully saturated rings. The molecule has 0 aliphatic heterocycles. The van der Waals surface area contributed by atoms with Gasteiger partial charge < -0.3 is 0 Å². The predicted molar refractivity (Wildman–Crippen MR) is 70.3 cm³/mol. The lowest BCUT2D eigenvalue weighted by Crippen LogP contribution is -2.03. The maximum atomic E-state index is 4.36.